The average Bonchev–Trinajstić information content (AvgIpc) is 2.47. The van der Waals surface area contributed by atoms with E-state index in [1.165, 1.54) is 18.4 Å². The van der Waals surface area contributed by atoms with Gasteiger partial charge in [-0.25, -0.2) is 4.21 Å². The number of rotatable bonds is 4. The van der Waals surface area contributed by atoms with Crippen LogP contribution < -0.4 is 0 Å². The highest BCUT2D eigenvalue weighted by molar-refractivity contribution is 8.03. The van der Waals surface area contributed by atoms with Crippen molar-refractivity contribution in [1.82, 2.24) is 0 Å². The Balaban J connectivity index is 2.49. The summed E-state index contributed by atoms with van der Waals surface area (Å²) in [6.45, 7) is 0. The molecule has 2 rings (SSSR count). The van der Waals surface area contributed by atoms with Crippen LogP contribution in [0.3, 0.4) is 0 Å². The van der Waals surface area contributed by atoms with Gasteiger partial charge in [0.15, 0.2) is 0 Å². The van der Waals surface area contributed by atoms with Gasteiger partial charge in [0.2, 0.25) is 0 Å². The molecule has 0 fully saturated rings. The largest absolute Gasteiger partial charge is 0.290 e. The molecule has 0 spiro atoms. The second-order valence-electron chi connectivity index (χ2n) is 4.42. The lowest BCUT2D eigenvalue weighted by Crippen LogP contribution is -2.04. The summed E-state index contributed by atoms with van der Waals surface area (Å²) in [5.41, 5.74) is -0.237. The van der Waals surface area contributed by atoms with Crippen LogP contribution in [0.1, 0.15) is 0 Å². The van der Waals surface area contributed by atoms with Gasteiger partial charge in [-0.1, -0.05) is 18.2 Å². The Hall–Kier alpha value is -2.26. The van der Waals surface area contributed by atoms with Crippen molar-refractivity contribution in [3.8, 4) is 0 Å². The number of hydrogen-bond acceptors (Lipinski definition) is 5. The molecule has 1 atom stereocenters. The molecule has 0 heterocycles. The van der Waals surface area contributed by atoms with E-state index in [9.17, 15) is 22.7 Å². The predicted octanol–water partition coefficient (Wildman–Crippen LogP) is 2.44. The van der Waals surface area contributed by atoms with Crippen molar-refractivity contribution in [2.24, 2.45) is 3.77 Å². The van der Waals surface area contributed by atoms with E-state index in [-0.39, 0.29) is 10.6 Å². The molecule has 22 heavy (non-hydrogen) atoms. The zero-order chi connectivity index (χ0) is 16.4. The minimum atomic E-state index is -4.18. The highest BCUT2D eigenvalue weighted by Gasteiger charge is 2.18. The van der Waals surface area contributed by atoms with Gasteiger partial charge >= 0.3 is 0 Å². The van der Waals surface area contributed by atoms with Crippen molar-refractivity contribution in [3.05, 3.63) is 64.7 Å². The van der Waals surface area contributed by atoms with E-state index < -0.39 is 24.7 Å². The predicted molar refractivity (Wildman–Crippen MR) is 81.5 cm³/mol. The number of non-ortho nitro benzene ring substituents is 1. The van der Waals surface area contributed by atoms with Crippen LogP contribution in [0.4, 0.5) is 5.69 Å². The van der Waals surface area contributed by atoms with Gasteiger partial charge in [-0.15, -0.1) is 3.77 Å². The molecule has 1 unspecified atom stereocenters. The molecule has 0 amide bonds. The van der Waals surface area contributed by atoms with E-state index in [0.29, 0.717) is 4.90 Å². The third-order valence-electron chi connectivity index (χ3n) is 2.77. The van der Waals surface area contributed by atoms with Crippen LogP contribution in [0.15, 0.2) is 68.2 Å². The van der Waals surface area contributed by atoms with Crippen molar-refractivity contribution in [1.29, 1.82) is 0 Å². The minimum Gasteiger partial charge on any atom is -0.258 e. The Labute approximate surface area is 128 Å². The average molecular weight is 340 g/mol. The topological polar surface area (TPSA) is 107 Å². The molecule has 0 radical (unpaired) electrons. The standard InChI is InChI=1S/C13H12N2O5S2/c1-21(18,12-5-3-2-4-6-12)14-22(19,20)13-9-7-11(8-10-13)15(16)17/h2-10H,1H3. The second kappa shape index (κ2) is 5.85. The zero-order valence-electron chi connectivity index (χ0n) is 11.4. The number of nitro groups is 1. The summed E-state index contributed by atoms with van der Waals surface area (Å²) in [6.07, 6.45) is 1.23. The highest BCUT2D eigenvalue weighted by Crippen LogP contribution is 2.20. The lowest BCUT2D eigenvalue weighted by atomic mass is 10.3. The van der Waals surface area contributed by atoms with Crippen LogP contribution >= 0.6 is 0 Å². The first-order chi connectivity index (χ1) is 10.2. The van der Waals surface area contributed by atoms with E-state index >= 15 is 0 Å². The zero-order valence-corrected chi connectivity index (χ0v) is 13.1. The van der Waals surface area contributed by atoms with Crippen molar-refractivity contribution in [2.75, 3.05) is 6.26 Å². The number of nitro benzene ring substituents is 1. The van der Waals surface area contributed by atoms with Crippen LogP contribution in [0.25, 0.3) is 0 Å². The first kappa shape index (κ1) is 16.1. The van der Waals surface area contributed by atoms with Crippen molar-refractivity contribution in [2.45, 2.75) is 9.79 Å². The molecule has 2 aromatic rings. The SMILES string of the molecule is CS(=O)(=NS(=O)(=O)c1ccc([N+](=O)[O-])cc1)c1ccccc1. The van der Waals surface area contributed by atoms with E-state index in [1.807, 2.05) is 0 Å². The maximum absolute atomic E-state index is 12.5. The first-order valence-corrected chi connectivity index (χ1v) is 9.37. The van der Waals surface area contributed by atoms with Crippen LogP contribution in [-0.4, -0.2) is 23.8 Å². The van der Waals surface area contributed by atoms with Crippen molar-refractivity contribution < 1.29 is 17.6 Å². The fourth-order valence-electron chi connectivity index (χ4n) is 1.69. The molecule has 0 aliphatic carbocycles. The molecule has 2 aromatic carbocycles. The Morgan fingerprint density at radius 1 is 0.909 bits per heavy atom. The number of sulfonamides is 1. The van der Waals surface area contributed by atoms with Gasteiger partial charge in [-0.05, 0) is 24.3 Å². The van der Waals surface area contributed by atoms with E-state index in [1.54, 1.807) is 18.2 Å². The maximum Gasteiger partial charge on any atom is 0.290 e. The monoisotopic (exact) mass is 340 g/mol. The molecular weight excluding hydrogens is 328 g/mol. The summed E-state index contributed by atoms with van der Waals surface area (Å²) in [7, 11) is -7.32. The van der Waals surface area contributed by atoms with Crippen LogP contribution in [-0.2, 0) is 19.8 Å². The Morgan fingerprint density at radius 3 is 1.95 bits per heavy atom. The molecule has 0 aromatic heterocycles. The summed E-state index contributed by atoms with van der Waals surface area (Å²) in [4.78, 5) is 9.97. The summed E-state index contributed by atoms with van der Waals surface area (Å²) in [6, 6.07) is 12.3. The second-order valence-corrected chi connectivity index (χ2v) is 8.51. The smallest absolute Gasteiger partial charge is 0.258 e. The van der Waals surface area contributed by atoms with Gasteiger partial charge < -0.3 is 0 Å². The molecule has 0 aliphatic rings. The molecule has 9 heteroatoms. The first-order valence-electron chi connectivity index (χ1n) is 6.00. The molecule has 7 nitrogen and oxygen atoms in total. The summed E-state index contributed by atoms with van der Waals surface area (Å²) < 4.78 is 40.4. The van der Waals surface area contributed by atoms with E-state index in [2.05, 4.69) is 3.77 Å². The third kappa shape index (κ3) is 3.49. The fourth-order valence-corrected chi connectivity index (χ4v) is 5.01. The van der Waals surface area contributed by atoms with Crippen LogP contribution in [0.5, 0.6) is 0 Å². The molecule has 0 N–H and O–H groups in total. The molecular formula is C13H12N2O5S2. The van der Waals surface area contributed by atoms with Gasteiger partial charge in [-0.3, -0.25) is 10.1 Å². The molecule has 0 aliphatic heterocycles. The molecule has 0 saturated heterocycles. The lowest BCUT2D eigenvalue weighted by molar-refractivity contribution is -0.384. The van der Waals surface area contributed by atoms with Gasteiger partial charge in [0.05, 0.1) is 19.5 Å². The van der Waals surface area contributed by atoms with Gasteiger partial charge in [-0.2, -0.15) is 8.42 Å². The third-order valence-corrected chi connectivity index (χ3v) is 6.70. The maximum atomic E-state index is 12.5. The van der Waals surface area contributed by atoms with Crippen LogP contribution in [0, 0.1) is 10.1 Å². The normalized spacial score (nSPS) is 14.0. The van der Waals surface area contributed by atoms with Gasteiger partial charge in [0, 0.05) is 23.3 Å². The highest BCUT2D eigenvalue weighted by atomic mass is 32.3. The quantitative estimate of drug-likeness (QED) is 0.627. The minimum absolute atomic E-state index is 0.237. The summed E-state index contributed by atoms with van der Waals surface area (Å²) >= 11 is 0. The van der Waals surface area contributed by atoms with Crippen molar-refractivity contribution in [3.63, 3.8) is 0 Å². The molecule has 0 saturated carbocycles. The summed E-state index contributed by atoms with van der Waals surface area (Å²) in [5.74, 6) is 0. The fraction of sp³-hybridized carbons (Fsp3) is 0.0769. The van der Waals surface area contributed by atoms with Gasteiger partial charge in [0.1, 0.15) is 0 Å². The Kier molecular flexibility index (Phi) is 4.29. The van der Waals surface area contributed by atoms with Gasteiger partial charge in [0.25, 0.3) is 15.7 Å². The van der Waals surface area contributed by atoms with Crippen molar-refractivity contribution >= 4 is 25.4 Å². The Morgan fingerprint density at radius 2 is 1.45 bits per heavy atom. The lowest BCUT2D eigenvalue weighted by Gasteiger charge is -2.05. The number of benzene rings is 2. The summed E-state index contributed by atoms with van der Waals surface area (Å²) in [5, 5.41) is 10.6. The molecule has 0 bridgehead atoms. The number of hydrogen-bond donors (Lipinski definition) is 0. The van der Waals surface area contributed by atoms with E-state index in [0.717, 1.165) is 24.3 Å². The molecule has 116 valence electrons. The number of nitrogens with zero attached hydrogens (tertiary/aromatic N) is 2. The van der Waals surface area contributed by atoms with E-state index in [4.69, 9.17) is 0 Å². The Bertz CT molecular complexity index is 913. The van der Waals surface area contributed by atoms with Crippen LogP contribution in [0.2, 0.25) is 0 Å².